The van der Waals surface area contributed by atoms with Crippen LogP contribution in [0.2, 0.25) is 0 Å². The fourth-order valence-electron chi connectivity index (χ4n) is 4.15. The van der Waals surface area contributed by atoms with E-state index in [2.05, 4.69) is 10.6 Å². The maximum atomic E-state index is 12.3. The van der Waals surface area contributed by atoms with Gasteiger partial charge in [-0.2, -0.15) is 0 Å². The van der Waals surface area contributed by atoms with Gasteiger partial charge in [0.15, 0.2) is 6.61 Å². The van der Waals surface area contributed by atoms with Gasteiger partial charge in [0, 0.05) is 6.54 Å². The second-order valence-electron chi connectivity index (χ2n) is 8.09. The minimum atomic E-state index is -0.435. The third kappa shape index (κ3) is 4.87. The molecule has 0 aliphatic heterocycles. The first kappa shape index (κ1) is 19.4. The van der Waals surface area contributed by atoms with Crippen molar-refractivity contribution in [2.45, 2.75) is 39.5 Å². The van der Waals surface area contributed by atoms with Gasteiger partial charge >= 0.3 is 5.97 Å². The van der Waals surface area contributed by atoms with Crippen LogP contribution in [0.4, 0.5) is 5.69 Å². The Labute approximate surface area is 160 Å². The molecule has 3 unspecified atom stereocenters. The van der Waals surface area contributed by atoms with E-state index in [9.17, 15) is 14.4 Å². The first-order chi connectivity index (χ1) is 12.9. The molecule has 1 aromatic carbocycles. The van der Waals surface area contributed by atoms with Crippen LogP contribution >= 0.6 is 0 Å². The van der Waals surface area contributed by atoms with Crippen molar-refractivity contribution in [1.29, 1.82) is 0 Å². The SMILES string of the molecule is CC(C)CNC(=O)c1ccccc1NC(=O)COC(=O)C1CC2CCC1C2. The molecule has 2 N–H and O–H groups in total. The number of rotatable bonds is 7. The summed E-state index contributed by atoms with van der Waals surface area (Å²) in [5.74, 6) is 0.426. The Bertz CT molecular complexity index is 716. The van der Waals surface area contributed by atoms with Crippen molar-refractivity contribution in [1.82, 2.24) is 5.32 Å². The van der Waals surface area contributed by atoms with Crippen LogP contribution in [-0.4, -0.2) is 30.9 Å². The van der Waals surface area contributed by atoms with Crippen LogP contribution in [0.3, 0.4) is 0 Å². The Balaban J connectivity index is 1.52. The number of benzene rings is 1. The van der Waals surface area contributed by atoms with Crippen LogP contribution in [0.1, 0.15) is 49.9 Å². The van der Waals surface area contributed by atoms with Crippen LogP contribution < -0.4 is 10.6 Å². The number of carbonyl (C=O) groups excluding carboxylic acids is 3. The third-order valence-corrected chi connectivity index (χ3v) is 5.50. The lowest BCUT2D eigenvalue weighted by molar-refractivity contribution is -0.153. The summed E-state index contributed by atoms with van der Waals surface area (Å²) >= 11 is 0. The highest BCUT2D eigenvalue weighted by Gasteiger charge is 2.44. The first-order valence-corrected chi connectivity index (χ1v) is 9.77. The van der Waals surface area contributed by atoms with Gasteiger partial charge in [-0.1, -0.05) is 32.4 Å². The first-order valence-electron chi connectivity index (χ1n) is 9.77. The molecular weight excluding hydrogens is 344 g/mol. The van der Waals surface area contributed by atoms with Crippen LogP contribution in [0.25, 0.3) is 0 Å². The van der Waals surface area contributed by atoms with E-state index in [0.717, 1.165) is 19.3 Å². The highest BCUT2D eigenvalue weighted by Crippen LogP contribution is 2.48. The van der Waals surface area contributed by atoms with Crippen molar-refractivity contribution < 1.29 is 19.1 Å². The van der Waals surface area contributed by atoms with Crippen molar-refractivity contribution in [3.05, 3.63) is 29.8 Å². The van der Waals surface area contributed by atoms with E-state index in [1.165, 1.54) is 6.42 Å². The molecule has 3 rings (SSSR count). The second kappa shape index (κ2) is 8.55. The Morgan fingerprint density at radius 2 is 1.93 bits per heavy atom. The summed E-state index contributed by atoms with van der Waals surface area (Å²) in [6, 6.07) is 6.82. The fourth-order valence-corrected chi connectivity index (χ4v) is 4.15. The standard InChI is InChI=1S/C21H28N2O4/c1-13(2)11-22-20(25)16-5-3-4-6-18(16)23-19(24)12-27-21(26)17-10-14-7-8-15(17)9-14/h3-6,13-15,17H,7-12H2,1-2H3,(H,22,25)(H,23,24). The number of fused-ring (bicyclic) bond motifs is 2. The van der Waals surface area contributed by atoms with E-state index in [-0.39, 0.29) is 24.4 Å². The normalized spacial score (nSPS) is 23.3. The largest absolute Gasteiger partial charge is 0.455 e. The fraction of sp³-hybridized carbons (Fsp3) is 0.571. The number of esters is 1. The summed E-state index contributed by atoms with van der Waals surface area (Å²) in [7, 11) is 0. The van der Waals surface area contributed by atoms with E-state index in [1.54, 1.807) is 24.3 Å². The van der Waals surface area contributed by atoms with Crippen molar-refractivity contribution in [3.63, 3.8) is 0 Å². The summed E-state index contributed by atoms with van der Waals surface area (Å²) in [5, 5.41) is 5.52. The molecule has 27 heavy (non-hydrogen) atoms. The van der Waals surface area contributed by atoms with E-state index >= 15 is 0 Å². The number of carbonyl (C=O) groups is 3. The quantitative estimate of drug-likeness (QED) is 0.721. The van der Waals surface area contributed by atoms with E-state index in [4.69, 9.17) is 4.74 Å². The molecule has 3 atom stereocenters. The summed E-state index contributed by atoms with van der Waals surface area (Å²) in [5.41, 5.74) is 0.811. The molecule has 146 valence electrons. The number of para-hydroxylation sites is 1. The molecule has 2 amide bonds. The van der Waals surface area contributed by atoms with Crippen molar-refractivity contribution in [2.24, 2.45) is 23.7 Å². The summed E-state index contributed by atoms with van der Waals surface area (Å²) < 4.78 is 5.24. The van der Waals surface area contributed by atoms with Gasteiger partial charge < -0.3 is 15.4 Å². The minimum Gasteiger partial charge on any atom is -0.455 e. The molecule has 0 heterocycles. The van der Waals surface area contributed by atoms with Crippen molar-refractivity contribution in [2.75, 3.05) is 18.5 Å². The predicted molar refractivity (Wildman–Crippen MR) is 102 cm³/mol. The van der Waals surface area contributed by atoms with Gasteiger partial charge in [0.1, 0.15) is 0 Å². The lowest BCUT2D eigenvalue weighted by Crippen LogP contribution is -2.30. The van der Waals surface area contributed by atoms with E-state index < -0.39 is 5.91 Å². The van der Waals surface area contributed by atoms with Gasteiger partial charge in [-0.05, 0) is 49.1 Å². The Morgan fingerprint density at radius 1 is 1.15 bits per heavy atom. The van der Waals surface area contributed by atoms with Crippen LogP contribution in [-0.2, 0) is 14.3 Å². The van der Waals surface area contributed by atoms with E-state index in [1.807, 2.05) is 13.8 Å². The molecule has 2 fully saturated rings. The molecule has 6 heteroatoms. The molecular formula is C21H28N2O4. The molecule has 0 spiro atoms. The Kier molecular flexibility index (Phi) is 6.14. The highest BCUT2D eigenvalue weighted by molar-refractivity contribution is 6.04. The monoisotopic (exact) mass is 372 g/mol. The summed E-state index contributed by atoms with van der Waals surface area (Å²) in [6.45, 7) is 4.26. The number of amides is 2. The Morgan fingerprint density at radius 3 is 2.59 bits per heavy atom. The maximum absolute atomic E-state index is 12.3. The van der Waals surface area contributed by atoms with E-state index in [0.29, 0.717) is 35.5 Å². The topological polar surface area (TPSA) is 84.5 Å². The van der Waals surface area contributed by atoms with Gasteiger partial charge in [-0.3, -0.25) is 14.4 Å². The highest BCUT2D eigenvalue weighted by atomic mass is 16.5. The lowest BCUT2D eigenvalue weighted by Gasteiger charge is -2.19. The number of nitrogens with one attached hydrogen (secondary N) is 2. The zero-order valence-corrected chi connectivity index (χ0v) is 16.0. The summed E-state index contributed by atoms with van der Waals surface area (Å²) in [6.07, 6.45) is 4.31. The van der Waals surface area contributed by atoms with Gasteiger partial charge in [0.25, 0.3) is 11.8 Å². The van der Waals surface area contributed by atoms with Crippen molar-refractivity contribution in [3.8, 4) is 0 Å². The smallest absolute Gasteiger partial charge is 0.309 e. The van der Waals surface area contributed by atoms with Crippen LogP contribution in [0.5, 0.6) is 0 Å². The van der Waals surface area contributed by atoms with Gasteiger partial charge in [0.2, 0.25) is 0 Å². The zero-order valence-electron chi connectivity index (χ0n) is 16.0. The van der Waals surface area contributed by atoms with Gasteiger partial charge in [0.05, 0.1) is 17.2 Å². The van der Waals surface area contributed by atoms with Gasteiger partial charge in [-0.25, -0.2) is 0 Å². The molecule has 0 radical (unpaired) electrons. The summed E-state index contributed by atoms with van der Waals surface area (Å²) in [4.78, 5) is 36.8. The number of hydrogen-bond donors (Lipinski definition) is 2. The molecule has 2 saturated carbocycles. The number of hydrogen-bond acceptors (Lipinski definition) is 4. The number of ether oxygens (including phenoxy) is 1. The van der Waals surface area contributed by atoms with Crippen LogP contribution in [0, 0.1) is 23.7 Å². The average Bonchev–Trinajstić information content (AvgIpc) is 3.28. The predicted octanol–water partition coefficient (Wildman–Crippen LogP) is 2.99. The second-order valence-corrected chi connectivity index (χ2v) is 8.09. The Hall–Kier alpha value is -2.37. The molecule has 1 aromatic rings. The number of anilines is 1. The van der Waals surface area contributed by atoms with Crippen molar-refractivity contribution >= 4 is 23.5 Å². The lowest BCUT2D eigenvalue weighted by atomic mass is 9.89. The molecule has 0 saturated heterocycles. The maximum Gasteiger partial charge on any atom is 0.309 e. The molecule has 2 bridgehead atoms. The third-order valence-electron chi connectivity index (χ3n) is 5.50. The van der Waals surface area contributed by atoms with Crippen LogP contribution in [0.15, 0.2) is 24.3 Å². The molecule has 0 aromatic heterocycles. The zero-order chi connectivity index (χ0) is 19.4. The van der Waals surface area contributed by atoms with Gasteiger partial charge in [-0.15, -0.1) is 0 Å². The molecule has 2 aliphatic rings. The average molecular weight is 372 g/mol. The minimum absolute atomic E-state index is 0.0503. The molecule has 2 aliphatic carbocycles. The molecule has 6 nitrogen and oxygen atoms in total.